The smallest absolute Gasteiger partial charge is 0.264 e. The quantitative estimate of drug-likeness (QED) is 0.542. The molecule has 1 aromatic carbocycles. The number of aromatic nitrogens is 3. The molecule has 1 spiro atoms. The first-order valence-electron chi connectivity index (χ1n) is 12.7. The van der Waals surface area contributed by atoms with Gasteiger partial charge in [-0.2, -0.15) is 0 Å². The lowest BCUT2D eigenvalue weighted by molar-refractivity contribution is -0.145. The largest absolute Gasteiger partial charge is 0.432 e. The molecule has 4 atom stereocenters. The molecule has 4 heterocycles. The van der Waals surface area contributed by atoms with Gasteiger partial charge in [-0.3, -0.25) is 14.3 Å². The van der Waals surface area contributed by atoms with Gasteiger partial charge >= 0.3 is 0 Å². The number of nitrogens with zero attached hydrogens (tertiary/aromatic N) is 5. The molecule has 2 fully saturated rings. The van der Waals surface area contributed by atoms with Gasteiger partial charge in [0.1, 0.15) is 0 Å². The van der Waals surface area contributed by atoms with Crippen LogP contribution in [0, 0.1) is 5.92 Å². The molecule has 0 saturated carbocycles. The van der Waals surface area contributed by atoms with Crippen LogP contribution in [-0.2, 0) is 32.9 Å². The number of hydrogen-bond acceptors (Lipinski definition) is 7. The summed E-state index contributed by atoms with van der Waals surface area (Å²) in [5, 5.41) is 17.4. The Labute approximate surface area is 212 Å². The van der Waals surface area contributed by atoms with E-state index in [1.54, 1.807) is 21.5 Å². The molecule has 2 saturated heterocycles. The third-order valence-corrected chi connectivity index (χ3v) is 10.6. The van der Waals surface area contributed by atoms with E-state index in [4.69, 9.17) is 9.84 Å². The van der Waals surface area contributed by atoms with Crippen LogP contribution in [0.3, 0.4) is 0 Å². The summed E-state index contributed by atoms with van der Waals surface area (Å²) in [5.74, 6) is -0.294. The summed E-state index contributed by atoms with van der Waals surface area (Å²) in [5.41, 5.74) is 1.66. The highest BCUT2D eigenvalue weighted by Crippen LogP contribution is 2.59. The zero-order chi connectivity index (χ0) is 25.8. The summed E-state index contributed by atoms with van der Waals surface area (Å²) in [7, 11) is -0.993. The second-order valence-electron chi connectivity index (χ2n) is 10.8. The minimum atomic E-state index is -2.75. The van der Waals surface area contributed by atoms with Gasteiger partial charge in [-0.1, -0.05) is 12.1 Å². The van der Waals surface area contributed by atoms with E-state index in [9.17, 15) is 14.4 Å². The van der Waals surface area contributed by atoms with Crippen molar-refractivity contribution in [3.8, 4) is 0 Å². The number of aliphatic hydroxyl groups excluding tert-OH is 1. The molecule has 1 aromatic heterocycles. The van der Waals surface area contributed by atoms with Crippen LogP contribution in [0.5, 0.6) is 0 Å². The Morgan fingerprint density at radius 1 is 1.28 bits per heavy atom. The van der Waals surface area contributed by atoms with Crippen molar-refractivity contribution in [2.24, 2.45) is 5.92 Å². The van der Waals surface area contributed by atoms with E-state index in [1.807, 2.05) is 44.4 Å². The Balaban J connectivity index is 1.50. The molecule has 5 rings (SSSR count). The fraction of sp³-hybridized carbons (Fsp3) is 0.600. The van der Waals surface area contributed by atoms with Crippen molar-refractivity contribution in [3.05, 3.63) is 35.7 Å². The monoisotopic (exact) mass is 513 g/mol. The molecule has 11 heteroatoms. The van der Waals surface area contributed by atoms with Gasteiger partial charge in [-0.25, -0.2) is 0 Å². The number of ether oxygens (including phenoxy) is 1. The van der Waals surface area contributed by atoms with E-state index in [1.165, 1.54) is 0 Å². The SMILES string of the molecule is C[C@H]1[C@H]([Si](C)(C)O)[C@@H](CCn2cc(CCO)nn2)O[C@]12C(=O)N(C)c1ccc(N3CCCC3=O)cc12. The van der Waals surface area contributed by atoms with Crippen LogP contribution < -0.4 is 9.80 Å². The van der Waals surface area contributed by atoms with Crippen molar-refractivity contribution in [3.63, 3.8) is 0 Å². The average molecular weight is 514 g/mol. The predicted molar refractivity (Wildman–Crippen MR) is 136 cm³/mol. The number of hydrogen-bond donors (Lipinski definition) is 2. The van der Waals surface area contributed by atoms with Crippen LogP contribution in [0.4, 0.5) is 11.4 Å². The number of carbonyl (C=O) groups is 2. The summed E-state index contributed by atoms with van der Waals surface area (Å²) in [6, 6.07) is 5.75. The van der Waals surface area contributed by atoms with Gasteiger partial charge in [0.25, 0.3) is 5.91 Å². The number of rotatable bonds is 7. The zero-order valence-electron chi connectivity index (χ0n) is 21.3. The molecule has 2 amide bonds. The van der Waals surface area contributed by atoms with E-state index in [2.05, 4.69) is 10.3 Å². The standard InChI is InChI=1S/C25H35N5O5Si/c1-16-23(36(3,4)34)21(9-12-29-15-17(10-13-31)26-27-29)35-25(16)19-14-18(30-11-5-6-22(30)32)7-8-20(19)28(2)24(25)33/h7-8,14-16,21,23,31,34H,5-6,9-13H2,1-4H3/t16-,21+,23-,25+/m0/s1. The Kier molecular flexibility index (Phi) is 6.30. The maximum absolute atomic E-state index is 13.9. The summed E-state index contributed by atoms with van der Waals surface area (Å²) < 4.78 is 8.49. The third-order valence-electron chi connectivity index (χ3n) is 8.08. The Bertz CT molecular complexity index is 1180. The first kappa shape index (κ1) is 25.1. The first-order valence-corrected chi connectivity index (χ1v) is 15.7. The van der Waals surface area contributed by atoms with Gasteiger partial charge in [0, 0.05) is 68.5 Å². The van der Waals surface area contributed by atoms with Crippen molar-refractivity contribution >= 4 is 31.5 Å². The first-order chi connectivity index (χ1) is 17.1. The number of fused-ring (bicyclic) bond motifs is 2. The second-order valence-corrected chi connectivity index (χ2v) is 14.8. The number of aryl methyl sites for hydroxylation is 1. The van der Waals surface area contributed by atoms with Crippen LogP contribution in [0.2, 0.25) is 18.6 Å². The number of carbonyl (C=O) groups excluding carboxylic acids is 2. The molecule has 10 nitrogen and oxygen atoms in total. The van der Waals surface area contributed by atoms with Gasteiger partial charge < -0.3 is 24.4 Å². The molecule has 0 radical (unpaired) electrons. The highest BCUT2D eigenvalue weighted by atomic mass is 28.4. The van der Waals surface area contributed by atoms with E-state index in [0.717, 1.165) is 23.4 Å². The van der Waals surface area contributed by atoms with Crippen molar-refractivity contribution in [2.45, 2.75) is 69.5 Å². The minimum absolute atomic E-state index is 0.0108. The lowest BCUT2D eigenvalue weighted by Crippen LogP contribution is -2.45. The molecule has 2 N–H and O–H groups in total. The highest BCUT2D eigenvalue weighted by Gasteiger charge is 2.65. The van der Waals surface area contributed by atoms with Crippen LogP contribution in [0.1, 0.15) is 37.4 Å². The fourth-order valence-electron chi connectivity index (χ4n) is 6.47. The second kappa shape index (κ2) is 9.05. The topological polar surface area (TPSA) is 121 Å². The molecular formula is C25H35N5O5Si. The van der Waals surface area contributed by atoms with Gasteiger partial charge in [-0.05, 0) is 44.1 Å². The molecule has 3 aliphatic rings. The average Bonchev–Trinajstić information content (AvgIpc) is 3.57. The predicted octanol–water partition coefficient (Wildman–Crippen LogP) is 1.80. The summed E-state index contributed by atoms with van der Waals surface area (Å²) >= 11 is 0. The van der Waals surface area contributed by atoms with Gasteiger partial charge in [0.2, 0.25) is 5.91 Å². The maximum atomic E-state index is 13.9. The number of aliphatic hydroxyl groups is 1. The molecule has 36 heavy (non-hydrogen) atoms. The molecule has 194 valence electrons. The Morgan fingerprint density at radius 3 is 2.72 bits per heavy atom. The Morgan fingerprint density at radius 2 is 2.06 bits per heavy atom. The zero-order valence-corrected chi connectivity index (χ0v) is 22.3. The number of likely N-dealkylation sites (N-methyl/N-ethyl adjacent to an activating group) is 1. The normalized spacial score (nSPS) is 28.1. The van der Waals surface area contributed by atoms with E-state index >= 15 is 0 Å². The molecule has 3 aliphatic heterocycles. The van der Waals surface area contributed by atoms with Crippen molar-refractivity contribution in [1.82, 2.24) is 15.0 Å². The minimum Gasteiger partial charge on any atom is -0.432 e. The number of amides is 2. The lowest BCUT2D eigenvalue weighted by atomic mass is 9.82. The van der Waals surface area contributed by atoms with Crippen LogP contribution in [-0.4, -0.2) is 71.3 Å². The van der Waals surface area contributed by atoms with E-state index < -0.39 is 13.9 Å². The van der Waals surface area contributed by atoms with Crippen molar-refractivity contribution < 1.29 is 24.2 Å². The van der Waals surface area contributed by atoms with E-state index in [-0.39, 0.29) is 36.0 Å². The van der Waals surface area contributed by atoms with Gasteiger partial charge in [-0.15, -0.1) is 5.10 Å². The summed E-state index contributed by atoms with van der Waals surface area (Å²) in [6.45, 7) is 7.02. The van der Waals surface area contributed by atoms with Crippen LogP contribution >= 0.6 is 0 Å². The van der Waals surface area contributed by atoms with Crippen molar-refractivity contribution in [1.29, 1.82) is 0 Å². The molecule has 0 unspecified atom stereocenters. The van der Waals surface area contributed by atoms with Crippen molar-refractivity contribution in [2.75, 3.05) is 30.0 Å². The lowest BCUT2D eigenvalue weighted by Gasteiger charge is -2.32. The van der Waals surface area contributed by atoms with E-state index in [0.29, 0.717) is 38.0 Å². The summed E-state index contributed by atoms with van der Waals surface area (Å²) in [4.78, 5) is 41.1. The molecule has 2 aromatic rings. The Hall–Kier alpha value is -2.60. The van der Waals surface area contributed by atoms with Crippen LogP contribution in [0.15, 0.2) is 24.4 Å². The molecular weight excluding hydrogens is 478 g/mol. The summed E-state index contributed by atoms with van der Waals surface area (Å²) in [6.07, 6.45) is 3.82. The van der Waals surface area contributed by atoms with Gasteiger partial charge in [0.15, 0.2) is 13.9 Å². The molecule has 0 aliphatic carbocycles. The third kappa shape index (κ3) is 3.89. The number of benzene rings is 1. The maximum Gasteiger partial charge on any atom is 0.264 e. The molecule has 0 bridgehead atoms. The highest BCUT2D eigenvalue weighted by molar-refractivity contribution is 6.71. The van der Waals surface area contributed by atoms with Gasteiger partial charge in [0.05, 0.1) is 17.5 Å². The number of anilines is 2. The van der Waals surface area contributed by atoms with Crippen LogP contribution in [0.25, 0.3) is 0 Å². The fourth-order valence-corrected chi connectivity index (χ4v) is 9.07.